The molecule has 6 nitrogen and oxygen atoms in total. The van der Waals surface area contributed by atoms with E-state index in [1.54, 1.807) is 23.3 Å². The van der Waals surface area contributed by atoms with E-state index in [1.165, 1.54) is 0 Å². The minimum absolute atomic E-state index is 0.102. The fourth-order valence-electron chi connectivity index (χ4n) is 2.01. The molecule has 3 heterocycles. The number of carbonyl (C=O) groups is 1. The first-order valence-corrected chi connectivity index (χ1v) is 6.20. The van der Waals surface area contributed by atoms with Crippen molar-refractivity contribution in [1.29, 1.82) is 0 Å². The fraction of sp³-hybridized carbons (Fsp3) is 0.308. The molecule has 0 saturated carbocycles. The number of nitrogens with one attached hydrogen (secondary N) is 1. The zero-order valence-electron chi connectivity index (χ0n) is 10.3. The second kappa shape index (κ2) is 5.19. The minimum atomic E-state index is -0.326. The van der Waals surface area contributed by atoms with Gasteiger partial charge >= 0.3 is 0 Å². The van der Waals surface area contributed by atoms with E-state index in [0.29, 0.717) is 12.3 Å². The molecule has 19 heavy (non-hydrogen) atoms. The second-order valence-corrected chi connectivity index (χ2v) is 4.37. The zero-order valence-corrected chi connectivity index (χ0v) is 10.3. The summed E-state index contributed by atoms with van der Waals surface area (Å²) in [5.74, 6) is 0.655. The van der Waals surface area contributed by atoms with Crippen molar-refractivity contribution in [2.45, 2.75) is 18.9 Å². The van der Waals surface area contributed by atoms with Crippen molar-refractivity contribution < 1.29 is 9.53 Å². The van der Waals surface area contributed by atoms with Gasteiger partial charge in [-0.2, -0.15) is 0 Å². The Kier molecular flexibility index (Phi) is 3.24. The van der Waals surface area contributed by atoms with Gasteiger partial charge in [0.05, 0.1) is 11.9 Å². The summed E-state index contributed by atoms with van der Waals surface area (Å²) < 4.78 is 7.12. The molecule has 1 fully saturated rings. The third-order valence-corrected chi connectivity index (χ3v) is 3.01. The monoisotopic (exact) mass is 258 g/mol. The van der Waals surface area contributed by atoms with E-state index < -0.39 is 0 Å². The van der Waals surface area contributed by atoms with Gasteiger partial charge in [0.25, 0.3) is 5.91 Å². The van der Waals surface area contributed by atoms with Gasteiger partial charge in [0.15, 0.2) is 0 Å². The molecule has 6 heteroatoms. The largest absolute Gasteiger partial charge is 0.368 e. The van der Waals surface area contributed by atoms with Crippen LogP contribution in [0.25, 0.3) is 5.82 Å². The van der Waals surface area contributed by atoms with E-state index in [-0.39, 0.29) is 12.0 Å². The first kappa shape index (κ1) is 11.9. The van der Waals surface area contributed by atoms with Crippen LogP contribution in [0, 0.1) is 0 Å². The fourth-order valence-corrected chi connectivity index (χ4v) is 2.01. The molecule has 1 amide bonds. The number of rotatable bonds is 3. The molecule has 98 valence electrons. The lowest BCUT2D eigenvalue weighted by Crippen LogP contribution is -2.26. The maximum atomic E-state index is 11.8. The quantitative estimate of drug-likeness (QED) is 0.903. The summed E-state index contributed by atoms with van der Waals surface area (Å²) in [5.41, 5.74) is 0.671. The van der Waals surface area contributed by atoms with Crippen molar-refractivity contribution in [2.75, 3.05) is 11.9 Å². The SMILES string of the molecule is O=C(Nc1ccc(-n2ccnc2)nc1)C1CCCO1. The number of hydrogen-bond donors (Lipinski definition) is 1. The molecule has 1 aliphatic rings. The third kappa shape index (κ3) is 2.63. The number of nitrogens with zero attached hydrogens (tertiary/aromatic N) is 3. The Morgan fingerprint density at radius 3 is 3.05 bits per heavy atom. The maximum absolute atomic E-state index is 11.8. The van der Waals surface area contributed by atoms with E-state index in [0.717, 1.165) is 18.7 Å². The van der Waals surface area contributed by atoms with Crippen molar-refractivity contribution >= 4 is 11.6 Å². The van der Waals surface area contributed by atoms with Crippen LogP contribution in [0.1, 0.15) is 12.8 Å². The van der Waals surface area contributed by atoms with Crippen LogP contribution >= 0.6 is 0 Å². The summed E-state index contributed by atoms with van der Waals surface area (Å²) in [7, 11) is 0. The predicted molar refractivity (Wildman–Crippen MR) is 69.0 cm³/mol. The lowest BCUT2D eigenvalue weighted by Gasteiger charge is -2.10. The van der Waals surface area contributed by atoms with Crippen molar-refractivity contribution in [3.63, 3.8) is 0 Å². The summed E-state index contributed by atoms with van der Waals surface area (Å²) in [5, 5.41) is 2.81. The lowest BCUT2D eigenvalue weighted by molar-refractivity contribution is -0.124. The summed E-state index contributed by atoms with van der Waals surface area (Å²) in [6.07, 6.45) is 8.20. The summed E-state index contributed by atoms with van der Waals surface area (Å²) in [6, 6.07) is 3.64. The van der Waals surface area contributed by atoms with Gasteiger partial charge in [0, 0.05) is 19.0 Å². The highest BCUT2D eigenvalue weighted by Gasteiger charge is 2.23. The van der Waals surface area contributed by atoms with E-state index in [2.05, 4.69) is 15.3 Å². The van der Waals surface area contributed by atoms with Crippen LogP contribution < -0.4 is 5.32 Å². The Labute approximate surface area is 110 Å². The second-order valence-electron chi connectivity index (χ2n) is 4.37. The summed E-state index contributed by atoms with van der Waals surface area (Å²) in [6.45, 7) is 0.663. The van der Waals surface area contributed by atoms with Gasteiger partial charge in [-0.1, -0.05) is 0 Å². The molecule has 0 aliphatic carbocycles. The molecule has 2 aromatic heterocycles. The van der Waals surface area contributed by atoms with Crippen LogP contribution in [0.3, 0.4) is 0 Å². The van der Waals surface area contributed by atoms with Crippen molar-refractivity contribution in [1.82, 2.24) is 14.5 Å². The van der Waals surface area contributed by atoms with Gasteiger partial charge < -0.3 is 10.1 Å². The Morgan fingerprint density at radius 2 is 2.42 bits per heavy atom. The Bertz CT molecular complexity index is 545. The first-order chi connectivity index (χ1) is 9.33. The smallest absolute Gasteiger partial charge is 0.253 e. The topological polar surface area (TPSA) is 69.0 Å². The summed E-state index contributed by atoms with van der Waals surface area (Å²) in [4.78, 5) is 20.1. The molecule has 0 spiro atoms. The molecular formula is C13H14N4O2. The first-order valence-electron chi connectivity index (χ1n) is 6.20. The van der Waals surface area contributed by atoms with Crippen LogP contribution in [0.4, 0.5) is 5.69 Å². The van der Waals surface area contributed by atoms with Gasteiger partial charge in [-0.15, -0.1) is 0 Å². The average molecular weight is 258 g/mol. The molecule has 1 N–H and O–H groups in total. The van der Waals surface area contributed by atoms with Gasteiger partial charge in [-0.3, -0.25) is 9.36 Å². The number of ether oxygens (including phenoxy) is 1. The Hall–Kier alpha value is -2.21. The molecule has 0 radical (unpaired) electrons. The number of anilines is 1. The maximum Gasteiger partial charge on any atom is 0.253 e. The molecule has 1 saturated heterocycles. The van der Waals surface area contributed by atoms with Gasteiger partial charge in [0.2, 0.25) is 0 Å². The number of pyridine rings is 1. The van der Waals surface area contributed by atoms with E-state index in [1.807, 2.05) is 18.3 Å². The van der Waals surface area contributed by atoms with E-state index >= 15 is 0 Å². The number of aromatic nitrogens is 3. The highest BCUT2D eigenvalue weighted by molar-refractivity contribution is 5.94. The third-order valence-electron chi connectivity index (χ3n) is 3.01. The van der Waals surface area contributed by atoms with Crippen molar-refractivity contribution in [3.8, 4) is 5.82 Å². The Balaban J connectivity index is 1.67. The van der Waals surface area contributed by atoms with Crippen LogP contribution in [0.2, 0.25) is 0 Å². The van der Waals surface area contributed by atoms with Crippen LogP contribution in [0.15, 0.2) is 37.1 Å². The van der Waals surface area contributed by atoms with Gasteiger partial charge in [0.1, 0.15) is 18.2 Å². The highest BCUT2D eigenvalue weighted by Crippen LogP contribution is 2.15. The lowest BCUT2D eigenvalue weighted by atomic mass is 10.2. The van der Waals surface area contributed by atoms with Crippen LogP contribution in [-0.4, -0.2) is 33.2 Å². The molecule has 1 unspecified atom stereocenters. The standard InChI is InChI=1S/C13H14N4O2/c18-13(11-2-1-7-19-11)16-10-3-4-12(15-8-10)17-6-5-14-9-17/h3-6,8-9,11H,1-2,7H2,(H,16,18). The highest BCUT2D eigenvalue weighted by atomic mass is 16.5. The number of imidazole rings is 1. The number of hydrogen-bond acceptors (Lipinski definition) is 4. The normalized spacial score (nSPS) is 18.4. The molecular weight excluding hydrogens is 244 g/mol. The molecule has 1 aliphatic heterocycles. The van der Waals surface area contributed by atoms with Crippen molar-refractivity contribution in [3.05, 3.63) is 37.1 Å². The number of amides is 1. The molecule has 0 aromatic carbocycles. The molecule has 3 rings (SSSR count). The molecule has 0 bridgehead atoms. The molecule has 1 atom stereocenters. The van der Waals surface area contributed by atoms with Crippen LogP contribution in [0.5, 0.6) is 0 Å². The van der Waals surface area contributed by atoms with E-state index in [9.17, 15) is 4.79 Å². The Morgan fingerprint density at radius 1 is 1.47 bits per heavy atom. The van der Waals surface area contributed by atoms with Gasteiger partial charge in [-0.05, 0) is 25.0 Å². The van der Waals surface area contributed by atoms with E-state index in [4.69, 9.17) is 4.74 Å². The zero-order chi connectivity index (χ0) is 13.1. The van der Waals surface area contributed by atoms with Crippen molar-refractivity contribution in [2.24, 2.45) is 0 Å². The summed E-state index contributed by atoms with van der Waals surface area (Å²) >= 11 is 0. The molecule has 2 aromatic rings. The van der Waals surface area contributed by atoms with Crippen LogP contribution in [-0.2, 0) is 9.53 Å². The number of carbonyl (C=O) groups excluding carboxylic acids is 1. The minimum Gasteiger partial charge on any atom is -0.368 e. The van der Waals surface area contributed by atoms with Gasteiger partial charge in [-0.25, -0.2) is 9.97 Å². The average Bonchev–Trinajstić information content (AvgIpc) is 3.13. The predicted octanol–water partition coefficient (Wildman–Crippen LogP) is 1.38.